The molecular formula is C13H16ClNO3. The maximum atomic E-state index is 11.0. The number of hydrogen-bond acceptors (Lipinski definition) is 4. The maximum Gasteiger partial charge on any atom is 0.171 e. The normalized spacial score (nSPS) is 18.7. The van der Waals surface area contributed by atoms with Crippen molar-refractivity contribution in [3.63, 3.8) is 0 Å². The molecule has 1 aromatic carbocycles. The van der Waals surface area contributed by atoms with E-state index < -0.39 is 0 Å². The highest BCUT2D eigenvalue weighted by molar-refractivity contribution is 6.32. The summed E-state index contributed by atoms with van der Waals surface area (Å²) in [7, 11) is 3.08. The Balaban J connectivity index is 2.59. The number of nitrogens with one attached hydrogen (secondary N) is 1. The first-order chi connectivity index (χ1) is 8.72. The highest BCUT2D eigenvalue weighted by atomic mass is 35.5. The number of halogens is 1. The molecule has 18 heavy (non-hydrogen) atoms. The smallest absolute Gasteiger partial charge is 0.171 e. The molecule has 0 aliphatic carbocycles. The first-order valence-corrected chi connectivity index (χ1v) is 6.23. The predicted molar refractivity (Wildman–Crippen MR) is 69.9 cm³/mol. The third kappa shape index (κ3) is 2.18. The summed E-state index contributed by atoms with van der Waals surface area (Å²) in [6.07, 6.45) is 2.82. The number of methoxy groups -OCH3 is 2. The van der Waals surface area contributed by atoms with Crippen LogP contribution in [0.3, 0.4) is 0 Å². The van der Waals surface area contributed by atoms with Gasteiger partial charge in [0, 0.05) is 11.6 Å². The molecule has 4 nitrogen and oxygen atoms in total. The zero-order valence-electron chi connectivity index (χ0n) is 10.5. The Labute approximate surface area is 111 Å². The van der Waals surface area contributed by atoms with Crippen molar-refractivity contribution in [2.24, 2.45) is 0 Å². The molecule has 1 unspecified atom stereocenters. The van der Waals surface area contributed by atoms with Gasteiger partial charge in [0.15, 0.2) is 17.8 Å². The first-order valence-electron chi connectivity index (χ1n) is 5.85. The number of carbonyl (C=O) groups excluding carboxylic acids is 1. The molecule has 0 saturated carbocycles. The zero-order chi connectivity index (χ0) is 13.1. The SMILES string of the molecule is COc1c(C=O)cc(Cl)c(C2CCCN2)c1OC. The van der Waals surface area contributed by atoms with Gasteiger partial charge in [-0.3, -0.25) is 4.79 Å². The lowest BCUT2D eigenvalue weighted by molar-refractivity contribution is 0.112. The third-order valence-corrected chi connectivity index (χ3v) is 3.51. The molecule has 0 spiro atoms. The fourth-order valence-corrected chi connectivity index (χ4v) is 2.73. The average molecular weight is 270 g/mol. The van der Waals surface area contributed by atoms with Gasteiger partial charge >= 0.3 is 0 Å². The van der Waals surface area contributed by atoms with Crippen molar-refractivity contribution in [2.45, 2.75) is 18.9 Å². The van der Waals surface area contributed by atoms with E-state index in [1.165, 1.54) is 7.11 Å². The van der Waals surface area contributed by atoms with Gasteiger partial charge in [-0.2, -0.15) is 0 Å². The van der Waals surface area contributed by atoms with Crippen molar-refractivity contribution < 1.29 is 14.3 Å². The van der Waals surface area contributed by atoms with Crippen LogP contribution in [-0.2, 0) is 0 Å². The van der Waals surface area contributed by atoms with E-state index in [0.29, 0.717) is 22.1 Å². The van der Waals surface area contributed by atoms with Gasteiger partial charge in [0.25, 0.3) is 0 Å². The Morgan fingerprint density at radius 2 is 2.11 bits per heavy atom. The van der Waals surface area contributed by atoms with E-state index in [2.05, 4.69) is 5.32 Å². The maximum absolute atomic E-state index is 11.0. The molecule has 98 valence electrons. The lowest BCUT2D eigenvalue weighted by Gasteiger charge is -2.20. The molecule has 5 heteroatoms. The highest BCUT2D eigenvalue weighted by Gasteiger charge is 2.27. The lowest BCUT2D eigenvalue weighted by atomic mass is 10.0. The van der Waals surface area contributed by atoms with Crippen LogP contribution in [0.4, 0.5) is 0 Å². The minimum absolute atomic E-state index is 0.155. The van der Waals surface area contributed by atoms with Crippen LogP contribution in [-0.4, -0.2) is 27.1 Å². The summed E-state index contributed by atoms with van der Waals surface area (Å²) in [5.74, 6) is 0.993. The van der Waals surface area contributed by atoms with Gasteiger partial charge in [0.1, 0.15) is 0 Å². The summed E-state index contributed by atoms with van der Waals surface area (Å²) in [6.45, 7) is 0.960. The summed E-state index contributed by atoms with van der Waals surface area (Å²) >= 11 is 6.27. The molecule has 0 aromatic heterocycles. The molecule has 1 aromatic rings. The van der Waals surface area contributed by atoms with E-state index >= 15 is 0 Å². The molecule has 1 aliphatic heterocycles. The molecule has 1 aliphatic rings. The van der Waals surface area contributed by atoms with Crippen LogP contribution in [0.5, 0.6) is 11.5 Å². The largest absolute Gasteiger partial charge is 0.492 e. The topological polar surface area (TPSA) is 47.6 Å². The van der Waals surface area contributed by atoms with Crippen LogP contribution in [0.15, 0.2) is 6.07 Å². The average Bonchev–Trinajstić information content (AvgIpc) is 2.90. The van der Waals surface area contributed by atoms with Crippen LogP contribution < -0.4 is 14.8 Å². The van der Waals surface area contributed by atoms with Crippen molar-refractivity contribution in [3.8, 4) is 11.5 Å². The lowest BCUT2D eigenvalue weighted by Crippen LogP contribution is -2.15. The second-order valence-corrected chi connectivity index (χ2v) is 4.60. The Kier molecular flexibility index (Phi) is 4.09. The Morgan fingerprint density at radius 1 is 1.39 bits per heavy atom. The van der Waals surface area contributed by atoms with Gasteiger partial charge in [-0.05, 0) is 25.5 Å². The van der Waals surface area contributed by atoms with Crippen LogP contribution in [0.2, 0.25) is 5.02 Å². The molecule has 1 N–H and O–H groups in total. The van der Waals surface area contributed by atoms with Crippen LogP contribution in [0.1, 0.15) is 34.8 Å². The molecule has 0 amide bonds. The highest BCUT2D eigenvalue weighted by Crippen LogP contribution is 2.43. The van der Waals surface area contributed by atoms with E-state index in [1.54, 1.807) is 13.2 Å². The molecule has 1 fully saturated rings. The van der Waals surface area contributed by atoms with Gasteiger partial charge in [-0.25, -0.2) is 0 Å². The van der Waals surface area contributed by atoms with Crippen molar-refractivity contribution >= 4 is 17.9 Å². The minimum Gasteiger partial charge on any atom is -0.492 e. The van der Waals surface area contributed by atoms with Crippen molar-refractivity contribution in [2.75, 3.05) is 20.8 Å². The van der Waals surface area contributed by atoms with Crippen LogP contribution in [0, 0.1) is 0 Å². The molecule has 1 heterocycles. The minimum atomic E-state index is 0.155. The van der Waals surface area contributed by atoms with Gasteiger partial charge < -0.3 is 14.8 Å². The zero-order valence-corrected chi connectivity index (χ0v) is 11.2. The van der Waals surface area contributed by atoms with E-state index in [1.807, 2.05) is 0 Å². The van der Waals surface area contributed by atoms with Crippen molar-refractivity contribution in [1.29, 1.82) is 0 Å². The quantitative estimate of drug-likeness (QED) is 0.854. The van der Waals surface area contributed by atoms with E-state index in [4.69, 9.17) is 21.1 Å². The van der Waals surface area contributed by atoms with Crippen molar-refractivity contribution in [1.82, 2.24) is 5.32 Å². The summed E-state index contributed by atoms with van der Waals surface area (Å²) < 4.78 is 10.7. The first kappa shape index (κ1) is 13.2. The molecule has 1 saturated heterocycles. The number of rotatable bonds is 4. The number of carbonyl (C=O) groups is 1. The Hall–Kier alpha value is -1.26. The van der Waals surface area contributed by atoms with E-state index in [9.17, 15) is 4.79 Å². The van der Waals surface area contributed by atoms with E-state index in [-0.39, 0.29) is 6.04 Å². The molecule has 1 atom stereocenters. The second-order valence-electron chi connectivity index (χ2n) is 4.19. The standard InChI is InChI=1S/C13H16ClNO3/c1-17-12-8(7-16)6-9(14)11(13(12)18-2)10-4-3-5-15-10/h6-7,10,15H,3-5H2,1-2H3. The summed E-state index contributed by atoms with van der Waals surface area (Å²) in [6, 6.07) is 1.78. The summed E-state index contributed by atoms with van der Waals surface area (Å²) in [5.41, 5.74) is 1.28. The van der Waals surface area contributed by atoms with Crippen LogP contribution in [0.25, 0.3) is 0 Å². The second kappa shape index (κ2) is 5.59. The van der Waals surface area contributed by atoms with Crippen LogP contribution >= 0.6 is 11.6 Å². The van der Waals surface area contributed by atoms with Gasteiger partial charge in [0.05, 0.1) is 24.8 Å². The van der Waals surface area contributed by atoms with Crippen molar-refractivity contribution in [3.05, 3.63) is 22.2 Å². The Morgan fingerprint density at radius 3 is 2.61 bits per heavy atom. The summed E-state index contributed by atoms with van der Waals surface area (Å²) in [4.78, 5) is 11.0. The molecular weight excluding hydrogens is 254 g/mol. The molecule has 0 bridgehead atoms. The molecule has 2 rings (SSSR count). The van der Waals surface area contributed by atoms with E-state index in [0.717, 1.165) is 31.2 Å². The monoisotopic (exact) mass is 269 g/mol. The fraction of sp³-hybridized carbons (Fsp3) is 0.462. The van der Waals surface area contributed by atoms with Gasteiger partial charge in [-0.15, -0.1) is 0 Å². The fourth-order valence-electron chi connectivity index (χ4n) is 2.40. The van der Waals surface area contributed by atoms with Gasteiger partial charge in [-0.1, -0.05) is 11.6 Å². The number of benzene rings is 1. The third-order valence-electron chi connectivity index (χ3n) is 3.20. The summed E-state index contributed by atoms with van der Waals surface area (Å²) in [5, 5.41) is 3.91. The molecule has 0 radical (unpaired) electrons. The number of ether oxygens (including phenoxy) is 2. The number of aldehydes is 1. The van der Waals surface area contributed by atoms with Gasteiger partial charge in [0.2, 0.25) is 0 Å². The number of hydrogen-bond donors (Lipinski definition) is 1. The predicted octanol–water partition coefficient (Wildman–Crippen LogP) is 2.59. The Bertz CT molecular complexity index is 456.